The predicted octanol–water partition coefficient (Wildman–Crippen LogP) is 4.91. The van der Waals surface area contributed by atoms with E-state index in [9.17, 15) is 10.1 Å². The van der Waals surface area contributed by atoms with Crippen molar-refractivity contribution in [3.63, 3.8) is 0 Å². The van der Waals surface area contributed by atoms with Gasteiger partial charge < -0.3 is 9.80 Å². The first-order chi connectivity index (χ1) is 13.4. The maximum Gasteiger partial charge on any atom is 0.269 e. The molecule has 0 N–H and O–H groups in total. The second-order valence-electron chi connectivity index (χ2n) is 7.26. The van der Waals surface area contributed by atoms with E-state index in [0.717, 1.165) is 28.1 Å². The van der Waals surface area contributed by atoms with E-state index in [1.807, 2.05) is 34.3 Å². The van der Waals surface area contributed by atoms with Crippen LogP contribution in [0.25, 0.3) is 0 Å². The summed E-state index contributed by atoms with van der Waals surface area (Å²) in [5.74, 6) is -0.0766. The lowest BCUT2D eigenvalue weighted by Crippen LogP contribution is -2.10. The molecule has 5 heteroatoms. The SMILES string of the molecule is CN(C)c1ccc(C(c2ccc(N(C)C)cc2)c2cccc([N+](=O)[O-])c2)cc1. The summed E-state index contributed by atoms with van der Waals surface area (Å²) in [6.07, 6.45) is 0. The molecule has 144 valence electrons. The fourth-order valence-electron chi connectivity index (χ4n) is 3.33. The van der Waals surface area contributed by atoms with E-state index in [2.05, 4.69) is 58.3 Å². The Hall–Kier alpha value is -3.34. The zero-order valence-corrected chi connectivity index (χ0v) is 16.7. The number of non-ortho nitro benzene ring substituents is 1. The Bertz CT molecular complexity index is 897. The van der Waals surface area contributed by atoms with Gasteiger partial charge in [-0.1, -0.05) is 36.4 Å². The first kappa shape index (κ1) is 19.4. The summed E-state index contributed by atoms with van der Waals surface area (Å²) in [5.41, 5.74) is 5.45. The Kier molecular flexibility index (Phi) is 5.64. The summed E-state index contributed by atoms with van der Waals surface area (Å²) >= 11 is 0. The zero-order valence-electron chi connectivity index (χ0n) is 16.7. The van der Waals surface area contributed by atoms with E-state index < -0.39 is 0 Å². The molecule has 3 aromatic carbocycles. The maximum atomic E-state index is 11.3. The van der Waals surface area contributed by atoms with E-state index in [1.165, 1.54) is 6.07 Å². The van der Waals surface area contributed by atoms with Gasteiger partial charge in [-0.25, -0.2) is 0 Å². The van der Waals surface area contributed by atoms with Gasteiger partial charge in [0, 0.05) is 57.6 Å². The molecule has 0 bridgehead atoms. The van der Waals surface area contributed by atoms with Crippen LogP contribution < -0.4 is 9.80 Å². The van der Waals surface area contributed by atoms with Gasteiger partial charge in [-0.3, -0.25) is 10.1 Å². The Balaban J connectivity index is 2.10. The molecule has 0 aromatic heterocycles. The number of nitro benzene ring substituents is 1. The number of hydrogen-bond acceptors (Lipinski definition) is 4. The van der Waals surface area contributed by atoms with Gasteiger partial charge in [0.25, 0.3) is 5.69 Å². The lowest BCUT2D eigenvalue weighted by Gasteiger charge is -2.21. The van der Waals surface area contributed by atoms with Crippen LogP contribution in [0, 0.1) is 10.1 Å². The average Bonchev–Trinajstić information content (AvgIpc) is 2.69. The number of hydrogen-bond donors (Lipinski definition) is 0. The van der Waals surface area contributed by atoms with Crippen LogP contribution in [-0.2, 0) is 0 Å². The van der Waals surface area contributed by atoms with Gasteiger partial charge in [0.1, 0.15) is 0 Å². The summed E-state index contributed by atoms with van der Waals surface area (Å²) in [4.78, 5) is 15.0. The standard InChI is InChI=1S/C23H25N3O2/c1-24(2)20-12-8-17(9-13-20)23(18-10-14-21(15-11-18)25(3)4)19-6-5-7-22(16-19)26(27)28/h5-16,23H,1-4H3. The number of nitrogens with zero attached hydrogens (tertiary/aromatic N) is 3. The molecule has 0 aliphatic heterocycles. The number of rotatable bonds is 6. The second-order valence-corrected chi connectivity index (χ2v) is 7.26. The first-order valence-electron chi connectivity index (χ1n) is 9.15. The minimum absolute atomic E-state index is 0.0766. The minimum atomic E-state index is -0.342. The first-order valence-corrected chi connectivity index (χ1v) is 9.15. The van der Waals surface area contributed by atoms with Gasteiger partial charge >= 0.3 is 0 Å². The number of benzene rings is 3. The molecule has 0 heterocycles. The predicted molar refractivity (Wildman–Crippen MR) is 116 cm³/mol. The maximum absolute atomic E-state index is 11.3. The third-order valence-electron chi connectivity index (χ3n) is 4.90. The highest BCUT2D eigenvalue weighted by Crippen LogP contribution is 2.35. The van der Waals surface area contributed by atoms with Crippen LogP contribution in [0.5, 0.6) is 0 Å². The van der Waals surface area contributed by atoms with Gasteiger partial charge in [-0.2, -0.15) is 0 Å². The highest BCUT2D eigenvalue weighted by molar-refractivity contribution is 5.54. The van der Waals surface area contributed by atoms with Crippen LogP contribution in [0.4, 0.5) is 17.1 Å². The fraction of sp³-hybridized carbons (Fsp3) is 0.217. The molecule has 0 saturated carbocycles. The number of anilines is 2. The van der Waals surface area contributed by atoms with Gasteiger partial charge in [-0.15, -0.1) is 0 Å². The highest BCUT2D eigenvalue weighted by atomic mass is 16.6. The molecule has 5 nitrogen and oxygen atoms in total. The van der Waals surface area contributed by atoms with Crippen molar-refractivity contribution >= 4 is 17.1 Å². The lowest BCUT2D eigenvalue weighted by molar-refractivity contribution is -0.384. The molecule has 0 spiro atoms. The van der Waals surface area contributed by atoms with Crippen molar-refractivity contribution in [3.05, 3.63) is 99.6 Å². The van der Waals surface area contributed by atoms with E-state index in [0.29, 0.717) is 0 Å². The van der Waals surface area contributed by atoms with Gasteiger partial charge in [-0.05, 0) is 41.0 Å². The van der Waals surface area contributed by atoms with Crippen LogP contribution in [0.15, 0.2) is 72.8 Å². The molecule has 0 radical (unpaired) electrons. The normalized spacial score (nSPS) is 10.8. The third kappa shape index (κ3) is 4.14. The Morgan fingerprint density at radius 3 is 1.57 bits per heavy atom. The van der Waals surface area contributed by atoms with Crippen molar-refractivity contribution in [3.8, 4) is 0 Å². The molecule has 3 aromatic rings. The Labute approximate surface area is 166 Å². The quantitative estimate of drug-likeness (QED) is 0.349. The summed E-state index contributed by atoms with van der Waals surface area (Å²) < 4.78 is 0. The molecular formula is C23H25N3O2. The van der Waals surface area contributed by atoms with Gasteiger partial charge in [0.2, 0.25) is 0 Å². The lowest BCUT2D eigenvalue weighted by atomic mass is 9.85. The van der Waals surface area contributed by atoms with Crippen LogP contribution in [-0.4, -0.2) is 33.1 Å². The molecule has 0 atom stereocenters. The second kappa shape index (κ2) is 8.13. The Morgan fingerprint density at radius 1 is 0.714 bits per heavy atom. The van der Waals surface area contributed by atoms with E-state index in [4.69, 9.17) is 0 Å². The van der Waals surface area contributed by atoms with Crippen molar-refractivity contribution in [2.75, 3.05) is 38.0 Å². The van der Waals surface area contributed by atoms with E-state index >= 15 is 0 Å². The van der Waals surface area contributed by atoms with Crippen molar-refractivity contribution in [2.24, 2.45) is 0 Å². The topological polar surface area (TPSA) is 49.6 Å². The smallest absolute Gasteiger partial charge is 0.269 e. The van der Waals surface area contributed by atoms with E-state index in [1.54, 1.807) is 12.1 Å². The van der Waals surface area contributed by atoms with Crippen LogP contribution >= 0.6 is 0 Å². The molecule has 3 rings (SSSR count). The molecule has 0 saturated heterocycles. The zero-order chi connectivity index (χ0) is 20.3. The van der Waals surface area contributed by atoms with Gasteiger partial charge in [0.05, 0.1) is 4.92 Å². The molecule has 0 unspecified atom stereocenters. The van der Waals surface area contributed by atoms with Crippen molar-refractivity contribution in [1.82, 2.24) is 0 Å². The highest BCUT2D eigenvalue weighted by Gasteiger charge is 2.19. The molecule has 0 fully saturated rings. The van der Waals surface area contributed by atoms with Crippen molar-refractivity contribution < 1.29 is 4.92 Å². The van der Waals surface area contributed by atoms with E-state index in [-0.39, 0.29) is 16.5 Å². The fourth-order valence-corrected chi connectivity index (χ4v) is 3.33. The van der Waals surface area contributed by atoms with Crippen molar-refractivity contribution in [1.29, 1.82) is 0 Å². The summed E-state index contributed by atoms with van der Waals surface area (Å²) in [7, 11) is 8.03. The van der Waals surface area contributed by atoms with Crippen LogP contribution in [0.2, 0.25) is 0 Å². The summed E-state index contributed by atoms with van der Waals surface area (Å²) in [6.45, 7) is 0. The molecular weight excluding hydrogens is 350 g/mol. The Morgan fingerprint density at radius 2 is 1.18 bits per heavy atom. The molecule has 0 aliphatic carbocycles. The largest absolute Gasteiger partial charge is 0.378 e. The molecule has 0 amide bonds. The minimum Gasteiger partial charge on any atom is -0.378 e. The summed E-state index contributed by atoms with van der Waals surface area (Å²) in [6, 6.07) is 23.6. The average molecular weight is 375 g/mol. The van der Waals surface area contributed by atoms with Crippen LogP contribution in [0.1, 0.15) is 22.6 Å². The summed E-state index contributed by atoms with van der Waals surface area (Å²) in [5, 5.41) is 11.3. The van der Waals surface area contributed by atoms with Crippen molar-refractivity contribution in [2.45, 2.75) is 5.92 Å². The molecule has 28 heavy (non-hydrogen) atoms. The van der Waals surface area contributed by atoms with Crippen LogP contribution in [0.3, 0.4) is 0 Å². The van der Waals surface area contributed by atoms with Gasteiger partial charge in [0.15, 0.2) is 0 Å². The number of nitro groups is 1. The molecule has 0 aliphatic rings. The monoisotopic (exact) mass is 375 g/mol. The third-order valence-corrected chi connectivity index (χ3v) is 4.90.